The Morgan fingerprint density at radius 1 is 1.12 bits per heavy atom. The number of ether oxygens (including phenoxy) is 3. The zero-order valence-electron chi connectivity index (χ0n) is 14.3. The summed E-state index contributed by atoms with van der Waals surface area (Å²) in [7, 11) is 3.18. The SMILES string of the molecule is COc1cc(OC)c2c(c1)N(C(=O)COc1ccc(F)cc1)CCC2. The largest absolute Gasteiger partial charge is 0.497 e. The maximum Gasteiger partial charge on any atom is 0.264 e. The minimum absolute atomic E-state index is 0.120. The lowest BCUT2D eigenvalue weighted by atomic mass is 10.00. The van der Waals surface area contributed by atoms with E-state index in [9.17, 15) is 9.18 Å². The van der Waals surface area contributed by atoms with Gasteiger partial charge >= 0.3 is 0 Å². The van der Waals surface area contributed by atoms with Crippen molar-refractivity contribution in [3.8, 4) is 17.2 Å². The molecule has 0 bridgehead atoms. The van der Waals surface area contributed by atoms with E-state index in [1.54, 1.807) is 19.1 Å². The van der Waals surface area contributed by atoms with E-state index in [4.69, 9.17) is 14.2 Å². The number of hydrogen-bond donors (Lipinski definition) is 0. The van der Waals surface area contributed by atoms with Crippen molar-refractivity contribution in [1.29, 1.82) is 0 Å². The van der Waals surface area contributed by atoms with E-state index in [1.807, 2.05) is 12.1 Å². The molecule has 0 unspecified atom stereocenters. The number of carbonyl (C=O) groups excluding carboxylic acids is 1. The Labute approximate surface area is 145 Å². The van der Waals surface area contributed by atoms with Gasteiger partial charge in [-0.25, -0.2) is 4.39 Å². The molecule has 0 aromatic heterocycles. The van der Waals surface area contributed by atoms with E-state index < -0.39 is 0 Å². The topological polar surface area (TPSA) is 48.0 Å². The Bertz CT molecular complexity index is 761. The van der Waals surface area contributed by atoms with Gasteiger partial charge in [0.2, 0.25) is 0 Å². The first-order valence-electron chi connectivity index (χ1n) is 8.06. The van der Waals surface area contributed by atoms with Gasteiger partial charge in [0, 0.05) is 24.2 Å². The van der Waals surface area contributed by atoms with E-state index in [0.29, 0.717) is 23.8 Å². The van der Waals surface area contributed by atoms with Gasteiger partial charge in [-0.2, -0.15) is 0 Å². The number of methoxy groups -OCH3 is 2. The molecule has 0 radical (unpaired) electrons. The zero-order valence-corrected chi connectivity index (χ0v) is 14.3. The zero-order chi connectivity index (χ0) is 17.8. The number of benzene rings is 2. The lowest BCUT2D eigenvalue weighted by Gasteiger charge is -2.31. The average molecular weight is 345 g/mol. The Morgan fingerprint density at radius 2 is 1.88 bits per heavy atom. The van der Waals surface area contributed by atoms with Gasteiger partial charge in [0.1, 0.15) is 23.1 Å². The molecule has 3 rings (SSSR count). The molecule has 1 amide bonds. The first-order valence-corrected chi connectivity index (χ1v) is 8.06. The molecule has 6 heteroatoms. The van der Waals surface area contributed by atoms with Gasteiger partial charge in [-0.05, 0) is 37.1 Å². The maximum absolute atomic E-state index is 12.9. The van der Waals surface area contributed by atoms with Crippen LogP contribution in [0.1, 0.15) is 12.0 Å². The second kappa shape index (κ2) is 7.42. The van der Waals surface area contributed by atoms with Crippen LogP contribution in [-0.2, 0) is 11.2 Å². The van der Waals surface area contributed by atoms with Crippen molar-refractivity contribution in [3.05, 3.63) is 47.8 Å². The number of nitrogens with zero attached hydrogens (tertiary/aromatic N) is 1. The summed E-state index contributed by atoms with van der Waals surface area (Å²) in [6.45, 7) is 0.486. The highest BCUT2D eigenvalue weighted by Crippen LogP contribution is 2.38. The van der Waals surface area contributed by atoms with Crippen LogP contribution in [0, 0.1) is 5.82 Å². The molecule has 0 saturated carbocycles. The quantitative estimate of drug-likeness (QED) is 0.835. The summed E-state index contributed by atoms with van der Waals surface area (Å²) in [6.07, 6.45) is 1.68. The Kier molecular flexibility index (Phi) is 5.07. The van der Waals surface area contributed by atoms with Gasteiger partial charge < -0.3 is 19.1 Å². The molecule has 0 saturated heterocycles. The number of halogens is 1. The Morgan fingerprint density at radius 3 is 2.56 bits per heavy atom. The maximum atomic E-state index is 12.9. The highest BCUT2D eigenvalue weighted by atomic mass is 19.1. The fourth-order valence-corrected chi connectivity index (χ4v) is 2.95. The molecule has 2 aromatic carbocycles. The van der Waals surface area contributed by atoms with Crippen LogP contribution in [-0.4, -0.2) is 33.3 Å². The molecule has 0 atom stereocenters. The average Bonchev–Trinajstić information content (AvgIpc) is 2.65. The van der Waals surface area contributed by atoms with Crippen LogP contribution in [0.25, 0.3) is 0 Å². The monoisotopic (exact) mass is 345 g/mol. The number of hydrogen-bond acceptors (Lipinski definition) is 4. The molecule has 0 spiro atoms. The van der Waals surface area contributed by atoms with Gasteiger partial charge in [-0.1, -0.05) is 0 Å². The lowest BCUT2D eigenvalue weighted by molar-refractivity contribution is -0.120. The molecule has 1 aliphatic rings. The molecule has 1 heterocycles. The normalized spacial score (nSPS) is 13.2. The van der Waals surface area contributed by atoms with Crippen molar-refractivity contribution >= 4 is 11.6 Å². The number of carbonyl (C=O) groups is 1. The smallest absolute Gasteiger partial charge is 0.264 e. The van der Waals surface area contributed by atoms with Gasteiger partial charge in [0.05, 0.1) is 19.9 Å². The standard InChI is InChI=1S/C19H20FNO4/c1-23-15-10-17-16(18(11-15)24-2)4-3-9-21(17)19(22)12-25-14-7-5-13(20)6-8-14/h5-8,10-11H,3-4,9,12H2,1-2H3. The van der Waals surface area contributed by atoms with Crippen molar-refractivity contribution in [2.45, 2.75) is 12.8 Å². The molecular formula is C19H20FNO4. The summed E-state index contributed by atoms with van der Waals surface area (Å²) in [5, 5.41) is 0. The molecule has 0 aliphatic carbocycles. The second-order valence-electron chi connectivity index (χ2n) is 5.72. The minimum atomic E-state index is -0.345. The summed E-state index contributed by atoms with van der Waals surface area (Å²) in [6, 6.07) is 9.25. The Hall–Kier alpha value is -2.76. The molecule has 0 fully saturated rings. The molecule has 132 valence electrons. The fourth-order valence-electron chi connectivity index (χ4n) is 2.95. The summed E-state index contributed by atoms with van der Waals surface area (Å²) >= 11 is 0. The van der Waals surface area contributed by atoms with E-state index in [0.717, 1.165) is 24.1 Å². The first kappa shape index (κ1) is 17.1. The van der Waals surface area contributed by atoms with Gasteiger partial charge in [-0.15, -0.1) is 0 Å². The summed E-state index contributed by atoms with van der Waals surface area (Å²) in [4.78, 5) is 14.3. The molecular weight excluding hydrogens is 325 g/mol. The minimum Gasteiger partial charge on any atom is -0.497 e. The van der Waals surface area contributed by atoms with Crippen LogP contribution in [0.2, 0.25) is 0 Å². The third-order valence-corrected chi connectivity index (χ3v) is 4.19. The highest BCUT2D eigenvalue weighted by Gasteiger charge is 2.26. The van der Waals surface area contributed by atoms with Crippen LogP contribution in [0.15, 0.2) is 36.4 Å². The van der Waals surface area contributed by atoms with Crippen LogP contribution < -0.4 is 19.1 Å². The van der Waals surface area contributed by atoms with Gasteiger partial charge in [-0.3, -0.25) is 4.79 Å². The van der Waals surface area contributed by atoms with Crippen LogP contribution in [0.5, 0.6) is 17.2 Å². The molecule has 2 aromatic rings. The summed E-state index contributed by atoms with van der Waals surface area (Å²) in [5.41, 5.74) is 1.78. The number of amides is 1. The predicted molar refractivity (Wildman–Crippen MR) is 92.1 cm³/mol. The van der Waals surface area contributed by atoms with Crippen molar-refractivity contribution < 1.29 is 23.4 Å². The van der Waals surface area contributed by atoms with E-state index in [-0.39, 0.29) is 18.3 Å². The predicted octanol–water partition coefficient (Wildman–Crippen LogP) is 3.20. The molecule has 25 heavy (non-hydrogen) atoms. The highest BCUT2D eigenvalue weighted by molar-refractivity contribution is 5.96. The fraction of sp³-hybridized carbons (Fsp3) is 0.316. The van der Waals surface area contributed by atoms with Crippen molar-refractivity contribution in [2.24, 2.45) is 0 Å². The van der Waals surface area contributed by atoms with Crippen LogP contribution >= 0.6 is 0 Å². The van der Waals surface area contributed by atoms with Crippen LogP contribution in [0.4, 0.5) is 10.1 Å². The van der Waals surface area contributed by atoms with Gasteiger partial charge in [0.25, 0.3) is 5.91 Å². The summed E-state index contributed by atoms with van der Waals surface area (Å²) in [5.74, 6) is 1.29. The molecule has 0 N–H and O–H groups in total. The van der Waals surface area contributed by atoms with Gasteiger partial charge in [0.15, 0.2) is 6.61 Å². The lowest BCUT2D eigenvalue weighted by Crippen LogP contribution is -2.38. The van der Waals surface area contributed by atoms with Crippen molar-refractivity contribution in [1.82, 2.24) is 0 Å². The number of anilines is 1. The van der Waals surface area contributed by atoms with Crippen LogP contribution in [0.3, 0.4) is 0 Å². The summed E-state index contributed by atoms with van der Waals surface area (Å²) < 4.78 is 29.2. The Balaban J connectivity index is 1.79. The van der Waals surface area contributed by atoms with E-state index >= 15 is 0 Å². The third kappa shape index (κ3) is 3.68. The molecule has 1 aliphatic heterocycles. The number of fused-ring (bicyclic) bond motifs is 1. The van der Waals surface area contributed by atoms with E-state index in [1.165, 1.54) is 24.3 Å². The third-order valence-electron chi connectivity index (χ3n) is 4.19. The van der Waals surface area contributed by atoms with E-state index in [2.05, 4.69) is 0 Å². The number of rotatable bonds is 5. The molecule has 5 nitrogen and oxygen atoms in total. The van der Waals surface area contributed by atoms with Crippen molar-refractivity contribution in [3.63, 3.8) is 0 Å². The second-order valence-corrected chi connectivity index (χ2v) is 5.72. The van der Waals surface area contributed by atoms with Crippen molar-refractivity contribution in [2.75, 3.05) is 32.3 Å². The first-order chi connectivity index (χ1) is 12.1.